The van der Waals surface area contributed by atoms with Crippen LogP contribution < -0.4 is 5.32 Å². The van der Waals surface area contributed by atoms with E-state index < -0.39 is 11.7 Å². The minimum Gasteiger partial charge on any atom is -0.383 e. The average molecular weight is 393 g/mol. The highest BCUT2D eigenvalue weighted by molar-refractivity contribution is 6.50. The van der Waals surface area contributed by atoms with Crippen molar-refractivity contribution in [3.05, 3.63) is 52.5 Å². The van der Waals surface area contributed by atoms with Gasteiger partial charge in [-0.15, -0.1) is 0 Å². The van der Waals surface area contributed by atoms with Crippen LogP contribution in [0.2, 0.25) is 10.0 Å². The molecule has 0 unspecified atom stereocenters. The van der Waals surface area contributed by atoms with Crippen molar-refractivity contribution in [1.29, 1.82) is 0 Å². The number of fused-ring (bicyclic) bond motifs is 1. The number of pyridine rings is 2. The standard InChI is InChI=1S/C17H14Cl2N4O3/c1-26-6-5-23-9-11(10-3-2-4-21-16(10)23)15(24)17(25)22-14-12(18)7-20-8-13(14)19/h2-4,7-9H,5-6H2,1H3,(H,20,22,25). The Morgan fingerprint density at radius 1 is 1.27 bits per heavy atom. The first-order chi connectivity index (χ1) is 12.5. The molecular formula is C17H14Cl2N4O3. The maximum Gasteiger partial charge on any atom is 0.296 e. The van der Waals surface area contributed by atoms with E-state index in [0.29, 0.717) is 24.2 Å². The van der Waals surface area contributed by atoms with Gasteiger partial charge in [-0.3, -0.25) is 14.6 Å². The van der Waals surface area contributed by atoms with Crippen molar-refractivity contribution in [1.82, 2.24) is 14.5 Å². The molecule has 0 spiro atoms. The second-order valence-electron chi connectivity index (χ2n) is 5.36. The summed E-state index contributed by atoms with van der Waals surface area (Å²) in [5, 5.41) is 3.31. The molecule has 0 bridgehead atoms. The first-order valence-corrected chi connectivity index (χ1v) is 8.36. The topological polar surface area (TPSA) is 86.1 Å². The molecule has 3 rings (SSSR count). The van der Waals surface area contributed by atoms with Crippen molar-refractivity contribution >= 4 is 51.6 Å². The largest absolute Gasteiger partial charge is 0.383 e. The van der Waals surface area contributed by atoms with Gasteiger partial charge >= 0.3 is 0 Å². The molecule has 0 atom stereocenters. The molecule has 134 valence electrons. The summed E-state index contributed by atoms with van der Waals surface area (Å²) in [6.45, 7) is 0.948. The lowest BCUT2D eigenvalue weighted by atomic mass is 10.1. The lowest BCUT2D eigenvalue weighted by Gasteiger charge is -2.07. The quantitative estimate of drug-likeness (QED) is 0.514. The Hall–Kier alpha value is -2.48. The fraction of sp³-hybridized carbons (Fsp3) is 0.176. The zero-order chi connectivity index (χ0) is 18.7. The second-order valence-corrected chi connectivity index (χ2v) is 6.18. The third-order valence-electron chi connectivity index (χ3n) is 3.71. The summed E-state index contributed by atoms with van der Waals surface area (Å²) >= 11 is 12.0. The number of nitrogens with one attached hydrogen (secondary N) is 1. The van der Waals surface area contributed by atoms with Gasteiger partial charge in [0.05, 0.1) is 27.9 Å². The molecule has 7 nitrogen and oxygen atoms in total. The summed E-state index contributed by atoms with van der Waals surface area (Å²) in [7, 11) is 1.58. The van der Waals surface area contributed by atoms with E-state index in [2.05, 4.69) is 15.3 Å². The number of rotatable bonds is 6. The highest BCUT2D eigenvalue weighted by Gasteiger charge is 2.23. The van der Waals surface area contributed by atoms with Gasteiger partial charge in [0.15, 0.2) is 0 Å². The van der Waals surface area contributed by atoms with Gasteiger partial charge in [0.2, 0.25) is 0 Å². The second kappa shape index (κ2) is 7.82. The van der Waals surface area contributed by atoms with E-state index in [1.54, 1.807) is 36.2 Å². The van der Waals surface area contributed by atoms with Crippen LogP contribution >= 0.6 is 23.2 Å². The van der Waals surface area contributed by atoms with Gasteiger partial charge in [-0.1, -0.05) is 23.2 Å². The molecule has 0 saturated carbocycles. The van der Waals surface area contributed by atoms with Gasteiger partial charge in [-0.2, -0.15) is 0 Å². The van der Waals surface area contributed by atoms with Gasteiger partial charge in [0.1, 0.15) is 5.65 Å². The predicted octanol–water partition coefficient (Wildman–Crippen LogP) is 3.21. The number of Topliss-reactive ketones (excluding diaryl/α,β-unsaturated/α-hetero) is 1. The number of anilines is 1. The molecule has 0 saturated heterocycles. The maximum atomic E-state index is 12.7. The van der Waals surface area contributed by atoms with Gasteiger partial charge in [0, 0.05) is 43.8 Å². The Kier molecular flexibility index (Phi) is 5.51. The molecule has 0 fully saturated rings. The van der Waals surface area contributed by atoms with Crippen LogP contribution in [0, 0.1) is 0 Å². The average Bonchev–Trinajstić information content (AvgIpc) is 3.01. The van der Waals surface area contributed by atoms with Crippen LogP contribution in [0.4, 0.5) is 5.69 Å². The molecule has 0 aliphatic heterocycles. The minimum absolute atomic E-state index is 0.142. The smallest absolute Gasteiger partial charge is 0.296 e. The minimum atomic E-state index is -0.852. The van der Waals surface area contributed by atoms with E-state index >= 15 is 0 Å². The molecule has 9 heteroatoms. The van der Waals surface area contributed by atoms with Crippen molar-refractivity contribution in [2.24, 2.45) is 0 Å². The van der Waals surface area contributed by atoms with Crippen LogP contribution in [0.25, 0.3) is 11.0 Å². The Bertz CT molecular complexity index is 967. The first kappa shape index (κ1) is 18.3. The fourth-order valence-corrected chi connectivity index (χ4v) is 2.95. The number of carbonyl (C=O) groups excluding carboxylic acids is 2. The Balaban J connectivity index is 1.93. The summed E-state index contributed by atoms with van der Waals surface area (Å²) in [6, 6.07) is 3.44. The molecule has 3 aromatic rings. The number of ether oxygens (including phenoxy) is 1. The molecular weight excluding hydrogens is 379 g/mol. The van der Waals surface area contributed by atoms with Crippen LogP contribution in [0.15, 0.2) is 36.9 Å². The van der Waals surface area contributed by atoms with E-state index in [4.69, 9.17) is 27.9 Å². The number of ketones is 1. The number of aromatic nitrogens is 3. The molecule has 3 heterocycles. The number of nitrogens with zero attached hydrogens (tertiary/aromatic N) is 3. The third kappa shape index (κ3) is 3.55. The lowest BCUT2D eigenvalue weighted by molar-refractivity contribution is -0.112. The number of halogens is 2. The Morgan fingerprint density at radius 2 is 2.00 bits per heavy atom. The number of methoxy groups -OCH3 is 1. The van der Waals surface area contributed by atoms with Gasteiger partial charge in [-0.25, -0.2) is 4.98 Å². The zero-order valence-electron chi connectivity index (χ0n) is 13.7. The maximum absolute atomic E-state index is 12.7. The Labute approximate surface area is 158 Å². The number of carbonyl (C=O) groups is 2. The van der Waals surface area contributed by atoms with E-state index in [0.717, 1.165) is 0 Å². The molecule has 0 aliphatic carbocycles. The number of hydrogen-bond acceptors (Lipinski definition) is 5. The molecule has 0 radical (unpaired) electrons. The van der Waals surface area contributed by atoms with E-state index in [1.807, 2.05) is 0 Å². The van der Waals surface area contributed by atoms with Crippen molar-refractivity contribution in [2.75, 3.05) is 19.0 Å². The third-order valence-corrected chi connectivity index (χ3v) is 4.29. The normalized spacial score (nSPS) is 10.9. The summed E-state index contributed by atoms with van der Waals surface area (Å²) in [6.07, 6.45) is 5.87. The van der Waals surface area contributed by atoms with Crippen LogP contribution in [-0.2, 0) is 16.1 Å². The molecule has 0 aliphatic rings. The number of hydrogen-bond donors (Lipinski definition) is 1. The van der Waals surface area contributed by atoms with E-state index in [9.17, 15) is 9.59 Å². The fourth-order valence-electron chi connectivity index (χ4n) is 2.49. The number of amides is 1. The molecule has 1 N–H and O–H groups in total. The van der Waals surface area contributed by atoms with Crippen LogP contribution in [-0.4, -0.2) is 39.9 Å². The van der Waals surface area contributed by atoms with E-state index in [1.165, 1.54) is 12.4 Å². The lowest BCUT2D eigenvalue weighted by Crippen LogP contribution is -2.23. The summed E-state index contributed by atoms with van der Waals surface area (Å²) in [5.74, 6) is -1.57. The Morgan fingerprint density at radius 3 is 2.69 bits per heavy atom. The van der Waals surface area contributed by atoms with Crippen molar-refractivity contribution in [2.45, 2.75) is 6.54 Å². The SMILES string of the molecule is COCCn1cc(C(=O)C(=O)Nc2c(Cl)cncc2Cl)c2cccnc21. The van der Waals surface area contributed by atoms with Crippen molar-refractivity contribution in [3.63, 3.8) is 0 Å². The molecule has 26 heavy (non-hydrogen) atoms. The van der Waals surface area contributed by atoms with Crippen molar-refractivity contribution < 1.29 is 14.3 Å². The zero-order valence-corrected chi connectivity index (χ0v) is 15.2. The van der Waals surface area contributed by atoms with Crippen LogP contribution in [0.1, 0.15) is 10.4 Å². The molecule has 3 aromatic heterocycles. The first-order valence-electron chi connectivity index (χ1n) is 7.60. The van der Waals surface area contributed by atoms with Gasteiger partial charge in [-0.05, 0) is 12.1 Å². The van der Waals surface area contributed by atoms with Crippen LogP contribution in [0.5, 0.6) is 0 Å². The highest BCUT2D eigenvalue weighted by atomic mass is 35.5. The van der Waals surface area contributed by atoms with Crippen LogP contribution in [0.3, 0.4) is 0 Å². The summed E-state index contributed by atoms with van der Waals surface area (Å²) in [4.78, 5) is 33.2. The van der Waals surface area contributed by atoms with Crippen molar-refractivity contribution in [3.8, 4) is 0 Å². The van der Waals surface area contributed by atoms with Gasteiger partial charge in [0.25, 0.3) is 11.7 Å². The highest BCUT2D eigenvalue weighted by Crippen LogP contribution is 2.29. The van der Waals surface area contributed by atoms with Gasteiger partial charge < -0.3 is 14.6 Å². The summed E-state index contributed by atoms with van der Waals surface area (Å²) in [5.41, 5.74) is 0.978. The predicted molar refractivity (Wildman–Crippen MR) is 98.8 cm³/mol. The van der Waals surface area contributed by atoms with E-state index in [-0.39, 0.29) is 21.3 Å². The summed E-state index contributed by atoms with van der Waals surface area (Å²) < 4.78 is 6.84. The molecule has 0 aromatic carbocycles. The molecule has 1 amide bonds. The monoisotopic (exact) mass is 392 g/mol.